The molecule has 3 aromatic carbocycles. The van der Waals surface area contributed by atoms with Gasteiger partial charge in [0, 0.05) is 33.5 Å². The van der Waals surface area contributed by atoms with Crippen LogP contribution in [0.3, 0.4) is 0 Å². The molecule has 0 saturated carbocycles. The highest BCUT2D eigenvalue weighted by molar-refractivity contribution is 6.39. The molecule has 9 nitrogen and oxygen atoms in total. The van der Waals surface area contributed by atoms with Gasteiger partial charge in [0.25, 0.3) is 5.91 Å². The van der Waals surface area contributed by atoms with Gasteiger partial charge in [-0.25, -0.2) is 9.59 Å². The number of carbonyl (C=O) groups is 3. The van der Waals surface area contributed by atoms with E-state index in [4.69, 9.17) is 32.7 Å². The Kier molecular flexibility index (Phi) is 17.1. The number of ether oxygens (including phenoxy) is 2. The average molecular weight is 691 g/mol. The highest BCUT2D eigenvalue weighted by Gasteiger charge is 2.28. The van der Waals surface area contributed by atoms with Crippen molar-refractivity contribution >= 4 is 65.9 Å². The third kappa shape index (κ3) is 11.1. The number of rotatable bonds is 8. The summed E-state index contributed by atoms with van der Waals surface area (Å²) in [5.41, 5.74) is 0.741. The molecular formula is C31H39Cl4N3O6. The van der Waals surface area contributed by atoms with Crippen molar-refractivity contribution in [3.63, 3.8) is 0 Å². The van der Waals surface area contributed by atoms with E-state index in [1.54, 1.807) is 42.5 Å². The number of benzene rings is 3. The van der Waals surface area contributed by atoms with Gasteiger partial charge in [-0.15, -0.1) is 24.8 Å². The molecule has 3 aromatic rings. The van der Waals surface area contributed by atoms with E-state index < -0.39 is 40.4 Å². The van der Waals surface area contributed by atoms with Crippen LogP contribution in [-0.2, 0) is 16.0 Å². The number of nitrogens with one attached hydrogen (secondary N) is 2. The smallest absolute Gasteiger partial charge is 0.343 e. The van der Waals surface area contributed by atoms with Gasteiger partial charge in [-0.2, -0.15) is 0 Å². The molecule has 3 N–H and O–H groups in total. The Morgan fingerprint density at radius 1 is 1.09 bits per heavy atom. The standard InChI is InChI=1S/C24H19Cl2NO6.C7H16N2.2ClH.H2/c1-32-24(31)18(12-14-8-4-2-5-9-14)27-22(29)16-13-17(25)20(28)19(26)21(16)33-23(30)15-10-6-3-7-11-15;1-3-9-5-4-8-7(2)6-9;;;/h2-11,13,18,28H,12H2,1H3,(H,27,29);7-8H,3-6H2,1-2H3;3*1H/t18-;7-;;;/m10.../s1. The number of aromatic hydroxyl groups is 1. The second kappa shape index (κ2) is 19.4. The maximum atomic E-state index is 13.1. The summed E-state index contributed by atoms with van der Waals surface area (Å²) in [5, 5.41) is 15.4. The number of likely N-dealkylation sites (N-methyl/N-ethyl adjacent to an activating group) is 1. The van der Waals surface area contributed by atoms with Crippen molar-refractivity contribution < 1.29 is 30.4 Å². The lowest BCUT2D eigenvalue weighted by molar-refractivity contribution is -0.142. The lowest BCUT2D eigenvalue weighted by atomic mass is 10.1. The van der Waals surface area contributed by atoms with Crippen LogP contribution in [0.15, 0.2) is 66.7 Å². The zero-order valence-corrected chi connectivity index (χ0v) is 27.7. The van der Waals surface area contributed by atoms with Gasteiger partial charge < -0.3 is 30.1 Å². The van der Waals surface area contributed by atoms with Crippen molar-refractivity contribution in [3.8, 4) is 11.5 Å². The summed E-state index contributed by atoms with van der Waals surface area (Å²) in [6, 6.07) is 17.8. The second-order valence-electron chi connectivity index (χ2n) is 9.64. The topological polar surface area (TPSA) is 117 Å². The molecule has 0 aromatic heterocycles. The molecule has 0 unspecified atom stereocenters. The van der Waals surface area contributed by atoms with Crippen molar-refractivity contribution in [1.82, 2.24) is 15.5 Å². The molecule has 0 spiro atoms. The minimum absolute atomic E-state index is 0. The van der Waals surface area contributed by atoms with E-state index in [1.165, 1.54) is 38.9 Å². The number of amides is 1. The lowest BCUT2D eigenvalue weighted by Gasteiger charge is -2.30. The van der Waals surface area contributed by atoms with Gasteiger partial charge in [0.2, 0.25) is 0 Å². The highest BCUT2D eigenvalue weighted by Crippen LogP contribution is 2.42. The molecule has 1 saturated heterocycles. The van der Waals surface area contributed by atoms with Crippen molar-refractivity contribution in [2.45, 2.75) is 32.4 Å². The van der Waals surface area contributed by atoms with Crippen LogP contribution < -0.4 is 15.4 Å². The zero-order valence-electron chi connectivity index (χ0n) is 24.5. The van der Waals surface area contributed by atoms with Crippen LogP contribution in [0.4, 0.5) is 0 Å². The Hall–Kier alpha value is -3.05. The Bertz CT molecular complexity index is 1370. The van der Waals surface area contributed by atoms with E-state index in [0.29, 0.717) is 6.04 Å². The van der Waals surface area contributed by atoms with Crippen LogP contribution in [0, 0.1) is 0 Å². The van der Waals surface area contributed by atoms with Gasteiger partial charge in [-0.1, -0.05) is 78.7 Å². The molecule has 44 heavy (non-hydrogen) atoms. The fraction of sp³-hybridized carbons (Fsp3) is 0.323. The summed E-state index contributed by atoms with van der Waals surface area (Å²) < 4.78 is 10.1. The Morgan fingerprint density at radius 2 is 1.70 bits per heavy atom. The number of methoxy groups -OCH3 is 1. The molecule has 0 bridgehead atoms. The quantitative estimate of drug-likeness (QED) is 0.200. The maximum absolute atomic E-state index is 13.1. The van der Waals surface area contributed by atoms with Crippen LogP contribution in [0.2, 0.25) is 10.0 Å². The van der Waals surface area contributed by atoms with E-state index in [2.05, 4.69) is 29.4 Å². The SMILES string of the molecule is CCN1CCN[C@@H](C)C1.COC(=O)[C@@H](Cc1ccccc1)NC(=O)c1cc(Cl)c(O)c(Cl)c1OC(=O)c1ccccc1.Cl.Cl.[HH]. The Balaban J connectivity index is 0.00000139. The van der Waals surface area contributed by atoms with Gasteiger partial charge in [0.05, 0.1) is 23.3 Å². The summed E-state index contributed by atoms with van der Waals surface area (Å²) in [6.45, 7) is 9.26. The molecule has 1 amide bonds. The first kappa shape index (κ1) is 39.0. The summed E-state index contributed by atoms with van der Waals surface area (Å²) in [6.07, 6.45) is 0.151. The molecule has 1 aliphatic rings. The first-order valence-corrected chi connectivity index (χ1v) is 14.3. The molecule has 1 aliphatic heterocycles. The number of phenols is 1. The predicted octanol–water partition coefficient (Wildman–Crippen LogP) is 5.82. The number of hydrogen-bond donors (Lipinski definition) is 3. The number of hydrogen-bond acceptors (Lipinski definition) is 8. The normalized spacial score (nSPS) is 14.8. The minimum atomic E-state index is -1.05. The molecule has 13 heteroatoms. The monoisotopic (exact) mass is 689 g/mol. The third-order valence-electron chi connectivity index (χ3n) is 6.57. The van der Waals surface area contributed by atoms with Gasteiger partial charge >= 0.3 is 11.9 Å². The van der Waals surface area contributed by atoms with E-state index in [0.717, 1.165) is 18.2 Å². The van der Waals surface area contributed by atoms with E-state index in [-0.39, 0.29) is 48.8 Å². The van der Waals surface area contributed by atoms with Crippen LogP contribution >= 0.6 is 48.0 Å². The second-order valence-corrected chi connectivity index (χ2v) is 10.4. The largest absolute Gasteiger partial charge is 0.505 e. The first-order valence-electron chi connectivity index (χ1n) is 13.5. The summed E-state index contributed by atoms with van der Waals surface area (Å²) in [7, 11) is 1.20. The predicted molar refractivity (Wildman–Crippen MR) is 179 cm³/mol. The molecule has 4 rings (SSSR count). The summed E-state index contributed by atoms with van der Waals surface area (Å²) in [5.74, 6) is -3.23. The number of nitrogens with zero attached hydrogens (tertiary/aromatic N) is 1. The molecule has 2 atom stereocenters. The van der Waals surface area contributed by atoms with Crippen LogP contribution in [0.25, 0.3) is 0 Å². The molecule has 1 heterocycles. The van der Waals surface area contributed by atoms with Crippen molar-refractivity contribution in [2.75, 3.05) is 33.3 Å². The Morgan fingerprint density at radius 3 is 2.25 bits per heavy atom. The lowest BCUT2D eigenvalue weighted by Crippen LogP contribution is -2.48. The molecular weight excluding hydrogens is 652 g/mol. The van der Waals surface area contributed by atoms with E-state index >= 15 is 0 Å². The van der Waals surface area contributed by atoms with Crippen LogP contribution in [0.5, 0.6) is 11.5 Å². The fourth-order valence-electron chi connectivity index (χ4n) is 4.31. The summed E-state index contributed by atoms with van der Waals surface area (Å²) >= 11 is 12.2. The molecule has 242 valence electrons. The van der Waals surface area contributed by atoms with Gasteiger partial charge in [-0.3, -0.25) is 4.79 Å². The van der Waals surface area contributed by atoms with Crippen LogP contribution in [0.1, 0.15) is 41.6 Å². The van der Waals surface area contributed by atoms with Crippen LogP contribution in [-0.4, -0.2) is 73.2 Å². The van der Waals surface area contributed by atoms with Crippen molar-refractivity contribution in [3.05, 3.63) is 93.5 Å². The first-order chi connectivity index (χ1) is 20.1. The molecule has 0 aliphatic carbocycles. The van der Waals surface area contributed by atoms with Gasteiger partial charge in [0.1, 0.15) is 11.1 Å². The van der Waals surface area contributed by atoms with E-state index in [1.807, 2.05) is 6.07 Å². The third-order valence-corrected chi connectivity index (χ3v) is 7.21. The maximum Gasteiger partial charge on any atom is 0.343 e. The fourth-order valence-corrected chi connectivity index (χ4v) is 4.80. The average Bonchev–Trinajstić information content (AvgIpc) is 3.01. The molecule has 1 fully saturated rings. The van der Waals surface area contributed by atoms with Crippen molar-refractivity contribution in [1.29, 1.82) is 0 Å². The van der Waals surface area contributed by atoms with Crippen molar-refractivity contribution in [2.24, 2.45) is 0 Å². The van der Waals surface area contributed by atoms with E-state index in [9.17, 15) is 19.5 Å². The number of esters is 2. The Labute approximate surface area is 281 Å². The van der Waals surface area contributed by atoms with Gasteiger partial charge in [0.15, 0.2) is 11.5 Å². The number of phenolic OH excluding ortho intramolecular Hbond substituents is 1. The number of piperazine rings is 1. The highest BCUT2D eigenvalue weighted by atomic mass is 35.5. The minimum Gasteiger partial charge on any atom is -0.505 e. The zero-order chi connectivity index (χ0) is 30.6. The number of carbonyl (C=O) groups excluding carboxylic acids is 3. The van der Waals surface area contributed by atoms with Gasteiger partial charge in [-0.05, 0) is 37.2 Å². The summed E-state index contributed by atoms with van der Waals surface area (Å²) in [4.78, 5) is 40.4. The molecule has 0 radical (unpaired) electrons. The number of halogens is 4.